The van der Waals surface area contributed by atoms with Gasteiger partial charge in [0.25, 0.3) is 0 Å². The predicted octanol–water partition coefficient (Wildman–Crippen LogP) is 5.62. The van der Waals surface area contributed by atoms with Crippen molar-refractivity contribution in [3.05, 3.63) is 52.3 Å². The lowest BCUT2D eigenvalue weighted by Crippen LogP contribution is -2.31. The molecule has 34 heavy (non-hydrogen) atoms. The molecule has 2 fully saturated rings. The fourth-order valence-electron chi connectivity index (χ4n) is 5.09. The minimum absolute atomic E-state index is 0.0810. The number of hydrogen-bond acceptors (Lipinski definition) is 5. The van der Waals surface area contributed by atoms with E-state index >= 15 is 0 Å². The van der Waals surface area contributed by atoms with Gasteiger partial charge >= 0.3 is 0 Å². The number of methoxy groups -OCH3 is 1. The SMILES string of the molecule is COc1c(N2CCCC2)cc(C(=O)CN2Cc3ccc(C4CC4)nc3C2=NBr)cc1C(C)(C)C. The van der Waals surface area contributed by atoms with E-state index in [9.17, 15) is 4.79 Å². The monoisotopic (exact) mass is 524 g/mol. The van der Waals surface area contributed by atoms with E-state index in [0.717, 1.165) is 58.4 Å². The number of nitrogens with zero attached hydrogens (tertiary/aromatic N) is 4. The maximum Gasteiger partial charge on any atom is 0.182 e. The van der Waals surface area contributed by atoms with E-state index in [0.29, 0.717) is 12.5 Å². The summed E-state index contributed by atoms with van der Waals surface area (Å²) in [6, 6.07) is 8.34. The molecular formula is C27H33BrN4O2. The summed E-state index contributed by atoms with van der Waals surface area (Å²) >= 11 is 3.29. The van der Waals surface area contributed by atoms with Gasteiger partial charge in [0.15, 0.2) is 11.6 Å². The number of hydrogen-bond donors (Lipinski definition) is 0. The van der Waals surface area contributed by atoms with Crippen LogP contribution in [0.5, 0.6) is 5.75 Å². The number of amidine groups is 1. The number of halogens is 1. The van der Waals surface area contributed by atoms with Gasteiger partial charge in [0.1, 0.15) is 11.4 Å². The summed E-state index contributed by atoms with van der Waals surface area (Å²) < 4.78 is 10.3. The number of Topliss-reactive ketones (excluding diaryl/α,β-unsaturated/α-hetero) is 1. The molecule has 1 aromatic carbocycles. The fraction of sp³-hybridized carbons (Fsp3) is 0.519. The van der Waals surface area contributed by atoms with Crippen LogP contribution >= 0.6 is 16.1 Å². The lowest BCUT2D eigenvalue weighted by Gasteiger charge is -2.29. The van der Waals surface area contributed by atoms with Crippen molar-refractivity contribution in [2.45, 2.75) is 64.3 Å². The van der Waals surface area contributed by atoms with Crippen LogP contribution in [0, 0.1) is 0 Å². The molecule has 1 aliphatic carbocycles. The van der Waals surface area contributed by atoms with E-state index < -0.39 is 0 Å². The summed E-state index contributed by atoms with van der Waals surface area (Å²) in [7, 11) is 1.73. The van der Waals surface area contributed by atoms with Gasteiger partial charge in [0.2, 0.25) is 0 Å². The van der Waals surface area contributed by atoms with E-state index in [1.807, 2.05) is 17.0 Å². The maximum atomic E-state index is 13.7. The molecule has 3 heterocycles. The predicted molar refractivity (Wildman–Crippen MR) is 140 cm³/mol. The first-order chi connectivity index (χ1) is 16.3. The molecule has 7 heteroatoms. The number of benzene rings is 1. The zero-order valence-electron chi connectivity index (χ0n) is 20.5. The van der Waals surface area contributed by atoms with E-state index in [-0.39, 0.29) is 17.7 Å². The standard InChI is InChI=1S/C27H33BrN4O2/c1-27(2,3)20-13-19(14-22(25(20)34-4)31-11-5-6-12-31)23(33)16-32-15-18-9-10-21(17-7-8-17)29-24(18)26(32)30-28/h9-10,13-14,17H,5-8,11-12,15-16H2,1-4H3. The van der Waals surface area contributed by atoms with Gasteiger partial charge in [-0.05, 0) is 49.3 Å². The van der Waals surface area contributed by atoms with Crippen molar-refractivity contribution in [1.82, 2.24) is 9.88 Å². The van der Waals surface area contributed by atoms with Gasteiger partial charge in [-0.15, -0.1) is 0 Å². The number of pyridine rings is 1. The summed E-state index contributed by atoms with van der Waals surface area (Å²) in [4.78, 5) is 22.9. The molecule has 0 bridgehead atoms. The zero-order valence-corrected chi connectivity index (χ0v) is 22.1. The Morgan fingerprint density at radius 3 is 2.56 bits per heavy atom. The Morgan fingerprint density at radius 1 is 1.21 bits per heavy atom. The van der Waals surface area contributed by atoms with Crippen LogP contribution in [0.15, 0.2) is 28.3 Å². The minimum Gasteiger partial charge on any atom is -0.494 e. The number of carbonyl (C=O) groups excluding carboxylic acids is 1. The van der Waals surface area contributed by atoms with Crippen LogP contribution in [0.4, 0.5) is 5.69 Å². The Labute approximate surface area is 210 Å². The molecule has 0 atom stereocenters. The molecule has 3 aliphatic rings. The maximum absolute atomic E-state index is 13.7. The fourth-order valence-corrected chi connectivity index (χ4v) is 5.48. The summed E-state index contributed by atoms with van der Waals surface area (Å²) in [5.41, 5.74) is 5.84. The van der Waals surface area contributed by atoms with Crippen LogP contribution in [-0.2, 0) is 12.0 Å². The molecule has 1 saturated carbocycles. The van der Waals surface area contributed by atoms with Gasteiger partial charge in [0.05, 0.1) is 35.5 Å². The van der Waals surface area contributed by atoms with Gasteiger partial charge in [-0.2, -0.15) is 4.02 Å². The van der Waals surface area contributed by atoms with Crippen molar-refractivity contribution in [3.8, 4) is 5.75 Å². The molecule has 0 N–H and O–H groups in total. The lowest BCUT2D eigenvalue weighted by atomic mass is 9.84. The van der Waals surface area contributed by atoms with Crippen molar-refractivity contribution >= 4 is 33.5 Å². The molecule has 2 aliphatic heterocycles. The molecule has 0 unspecified atom stereocenters. The highest BCUT2D eigenvalue weighted by molar-refractivity contribution is 9.08. The van der Waals surface area contributed by atoms with E-state index in [4.69, 9.17) is 9.72 Å². The smallest absolute Gasteiger partial charge is 0.182 e. The molecule has 1 saturated heterocycles. The number of anilines is 1. The lowest BCUT2D eigenvalue weighted by molar-refractivity contribution is 0.0963. The molecule has 2 aromatic rings. The summed E-state index contributed by atoms with van der Waals surface area (Å²) in [5.74, 6) is 2.29. The highest BCUT2D eigenvalue weighted by Crippen LogP contribution is 2.42. The van der Waals surface area contributed by atoms with Gasteiger partial charge in [-0.25, -0.2) is 4.98 Å². The van der Waals surface area contributed by atoms with Crippen LogP contribution in [0.25, 0.3) is 0 Å². The first kappa shape index (κ1) is 23.3. The third kappa shape index (κ3) is 4.35. The molecular weight excluding hydrogens is 492 g/mol. The second-order valence-electron chi connectivity index (χ2n) is 10.7. The first-order valence-electron chi connectivity index (χ1n) is 12.2. The number of ether oxygens (including phenoxy) is 1. The quantitative estimate of drug-likeness (QED) is 0.459. The Kier molecular flexibility index (Phi) is 6.17. The Morgan fingerprint density at radius 2 is 1.94 bits per heavy atom. The molecule has 0 spiro atoms. The third-order valence-corrected chi connectivity index (χ3v) is 7.47. The topological polar surface area (TPSA) is 58.0 Å². The minimum atomic E-state index is -0.147. The average molecular weight is 525 g/mol. The van der Waals surface area contributed by atoms with E-state index in [1.165, 1.54) is 25.7 Å². The highest BCUT2D eigenvalue weighted by atomic mass is 79.9. The Balaban J connectivity index is 1.45. The van der Waals surface area contributed by atoms with Gasteiger partial charge < -0.3 is 14.5 Å². The zero-order chi connectivity index (χ0) is 24.0. The average Bonchev–Trinajstić information content (AvgIpc) is 3.40. The number of fused-ring (bicyclic) bond motifs is 1. The van der Waals surface area contributed by atoms with Crippen LogP contribution in [0.1, 0.15) is 85.2 Å². The van der Waals surface area contributed by atoms with Gasteiger partial charge in [-0.1, -0.05) is 26.8 Å². The Hall–Kier alpha value is -2.41. The van der Waals surface area contributed by atoms with Gasteiger partial charge in [-0.3, -0.25) is 4.79 Å². The summed E-state index contributed by atoms with van der Waals surface area (Å²) in [6.07, 6.45) is 4.75. The molecule has 5 rings (SSSR count). The summed E-state index contributed by atoms with van der Waals surface area (Å²) in [6.45, 7) is 9.40. The number of aromatic nitrogens is 1. The molecule has 0 radical (unpaired) electrons. The summed E-state index contributed by atoms with van der Waals surface area (Å²) in [5, 5.41) is 0. The first-order valence-corrected chi connectivity index (χ1v) is 13.0. The molecule has 1 aromatic heterocycles. The van der Waals surface area contributed by atoms with Crippen LogP contribution in [-0.4, -0.2) is 48.2 Å². The largest absolute Gasteiger partial charge is 0.494 e. The van der Waals surface area contributed by atoms with Crippen molar-refractivity contribution in [2.24, 2.45) is 4.02 Å². The van der Waals surface area contributed by atoms with Crippen LogP contribution < -0.4 is 9.64 Å². The second-order valence-corrected chi connectivity index (χ2v) is 11.1. The molecule has 180 valence electrons. The van der Waals surface area contributed by atoms with E-state index in [1.54, 1.807) is 7.11 Å². The number of carbonyl (C=O) groups is 1. The third-order valence-electron chi connectivity index (χ3n) is 7.13. The Bertz CT molecular complexity index is 1140. The highest BCUT2D eigenvalue weighted by Gasteiger charge is 2.33. The van der Waals surface area contributed by atoms with Crippen molar-refractivity contribution in [3.63, 3.8) is 0 Å². The number of ketones is 1. The second kappa shape index (κ2) is 8.99. The van der Waals surface area contributed by atoms with E-state index in [2.05, 4.69) is 58.0 Å². The van der Waals surface area contributed by atoms with Crippen molar-refractivity contribution < 1.29 is 9.53 Å². The normalized spacial score (nSPS) is 19.1. The van der Waals surface area contributed by atoms with Crippen LogP contribution in [0.3, 0.4) is 0 Å². The van der Waals surface area contributed by atoms with Crippen LogP contribution in [0.2, 0.25) is 0 Å². The molecule has 6 nitrogen and oxygen atoms in total. The van der Waals surface area contributed by atoms with Crippen molar-refractivity contribution in [2.75, 3.05) is 31.6 Å². The van der Waals surface area contributed by atoms with Gasteiger partial charge in [0, 0.05) is 47.9 Å². The van der Waals surface area contributed by atoms with Crippen molar-refractivity contribution in [1.29, 1.82) is 0 Å². The molecule has 0 amide bonds. The number of rotatable bonds is 6.